The molecule has 19 heavy (non-hydrogen) atoms. The number of carboxylic acids is 1. The maximum atomic E-state index is 12.1. The van der Waals surface area contributed by atoms with Gasteiger partial charge in [-0.05, 0) is 24.6 Å². The Hall–Kier alpha value is -2.35. The van der Waals surface area contributed by atoms with Crippen molar-refractivity contribution in [2.75, 3.05) is 13.1 Å². The first kappa shape index (κ1) is 14.7. The van der Waals surface area contributed by atoms with Gasteiger partial charge in [-0.25, -0.2) is 0 Å². The fourth-order valence-corrected chi connectivity index (χ4v) is 1.67. The molecule has 0 radical (unpaired) electrons. The molecule has 100 valence electrons. The van der Waals surface area contributed by atoms with E-state index < -0.39 is 5.97 Å². The summed E-state index contributed by atoms with van der Waals surface area (Å²) in [5, 5.41) is 17.2. The summed E-state index contributed by atoms with van der Waals surface area (Å²) >= 11 is 0. The lowest BCUT2D eigenvalue weighted by Gasteiger charge is -2.20. The number of nitrogens with zero attached hydrogens (tertiary/aromatic N) is 2. The van der Waals surface area contributed by atoms with Gasteiger partial charge >= 0.3 is 5.97 Å². The zero-order chi connectivity index (χ0) is 14.3. The molecule has 0 heterocycles. The third-order valence-electron chi connectivity index (χ3n) is 2.75. The van der Waals surface area contributed by atoms with Crippen LogP contribution in [0, 0.1) is 11.3 Å². The maximum absolute atomic E-state index is 12.1. The molecule has 0 aliphatic carbocycles. The second kappa shape index (κ2) is 7.17. The number of carboxylic acid groups (broad SMARTS) is 1. The van der Waals surface area contributed by atoms with Crippen LogP contribution in [0.15, 0.2) is 24.3 Å². The van der Waals surface area contributed by atoms with Gasteiger partial charge in [0, 0.05) is 18.7 Å². The Morgan fingerprint density at radius 3 is 2.42 bits per heavy atom. The Kier molecular flexibility index (Phi) is 5.55. The summed E-state index contributed by atoms with van der Waals surface area (Å²) in [6, 6.07) is 8.84. The third-order valence-corrected chi connectivity index (χ3v) is 2.75. The molecule has 5 nitrogen and oxygen atoms in total. The van der Waals surface area contributed by atoms with Crippen molar-refractivity contribution < 1.29 is 14.7 Å². The van der Waals surface area contributed by atoms with Gasteiger partial charge in [0.25, 0.3) is 5.91 Å². The number of carbonyl (C=O) groups is 2. The van der Waals surface area contributed by atoms with E-state index in [0.29, 0.717) is 18.5 Å². The zero-order valence-corrected chi connectivity index (χ0v) is 10.8. The molecular weight excluding hydrogens is 244 g/mol. The molecule has 0 saturated carbocycles. The third kappa shape index (κ3) is 4.43. The monoisotopic (exact) mass is 260 g/mol. The highest BCUT2D eigenvalue weighted by atomic mass is 16.4. The van der Waals surface area contributed by atoms with Crippen molar-refractivity contribution in [2.45, 2.75) is 19.8 Å². The van der Waals surface area contributed by atoms with E-state index in [1.807, 2.05) is 13.0 Å². The Bertz CT molecular complexity index is 488. The minimum atomic E-state index is -0.921. The van der Waals surface area contributed by atoms with Crippen LogP contribution < -0.4 is 0 Å². The van der Waals surface area contributed by atoms with Gasteiger partial charge in [0.2, 0.25) is 0 Å². The van der Waals surface area contributed by atoms with Gasteiger partial charge in [0.05, 0.1) is 18.9 Å². The highest BCUT2D eigenvalue weighted by molar-refractivity contribution is 5.94. The van der Waals surface area contributed by atoms with Crippen LogP contribution in [0.4, 0.5) is 0 Å². The minimum Gasteiger partial charge on any atom is -0.481 e. The SMILES string of the molecule is CCN(CCC(=O)O)C(=O)c1ccc(CC#N)cc1. The molecule has 0 aliphatic rings. The van der Waals surface area contributed by atoms with Gasteiger partial charge in [0.15, 0.2) is 0 Å². The van der Waals surface area contributed by atoms with Gasteiger partial charge in [-0.15, -0.1) is 0 Å². The Morgan fingerprint density at radius 2 is 1.95 bits per heavy atom. The van der Waals surface area contributed by atoms with E-state index in [0.717, 1.165) is 5.56 Å². The summed E-state index contributed by atoms with van der Waals surface area (Å²) in [6.45, 7) is 2.47. The summed E-state index contributed by atoms with van der Waals surface area (Å²) in [7, 11) is 0. The second-order valence-corrected chi connectivity index (χ2v) is 4.06. The fraction of sp³-hybridized carbons (Fsp3) is 0.357. The number of rotatable bonds is 6. The van der Waals surface area contributed by atoms with Crippen LogP contribution in [0.1, 0.15) is 29.3 Å². The van der Waals surface area contributed by atoms with Crippen molar-refractivity contribution in [1.82, 2.24) is 4.90 Å². The lowest BCUT2D eigenvalue weighted by atomic mass is 10.1. The van der Waals surface area contributed by atoms with Crippen LogP contribution in [0.25, 0.3) is 0 Å². The molecule has 0 aliphatic heterocycles. The maximum Gasteiger partial charge on any atom is 0.305 e. The minimum absolute atomic E-state index is 0.0634. The first-order chi connectivity index (χ1) is 9.08. The topological polar surface area (TPSA) is 81.4 Å². The van der Waals surface area contributed by atoms with E-state index in [2.05, 4.69) is 0 Å². The quantitative estimate of drug-likeness (QED) is 0.843. The predicted octanol–water partition coefficient (Wildman–Crippen LogP) is 1.69. The average Bonchev–Trinajstić information content (AvgIpc) is 2.40. The molecule has 5 heteroatoms. The van der Waals surface area contributed by atoms with Crippen molar-refractivity contribution in [3.63, 3.8) is 0 Å². The summed E-state index contributed by atoms with van der Waals surface area (Å²) < 4.78 is 0. The molecule has 0 aromatic heterocycles. The first-order valence-corrected chi connectivity index (χ1v) is 6.05. The molecular formula is C14H16N2O3. The van der Waals surface area contributed by atoms with E-state index in [1.165, 1.54) is 4.90 Å². The predicted molar refractivity (Wildman–Crippen MR) is 69.6 cm³/mol. The number of hydrogen-bond acceptors (Lipinski definition) is 3. The van der Waals surface area contributed by atoms with Crippen LogP contribution in [0.3, 0.4) is 0 Å². The number of amides is 1. The summed E-state index contributed by atoms with van der Waals surface area (Å²) in [5.74, 6) is -1.11. The molecule has 1 amide bonds. The van der Waals surface area contributed by atoms with Gasteiger partial charge < -0.3 is 10.0 Å². The normalized spacial score (nSPS) is 9.68. The molecule has 0 fully saturated rings. The van der Waals surface area contributed by atoms with Gasteiger partial charge in [-0.3, -0.25) is 9.59 Å². The number of benzene rings is 1. The van der Waals surface area contributed by atoms with E-state index in [4.69, 9.17) is 10.4 Å². The standard InChI is InChI=1S/C14H16N2O3/c1-2-16(10-8-13(17)18)14(19)12-5-3-11(4-6-12)7-9-15/h3-6H,2,7-8,10H2,1H3,(H,17,18). The first-order valence-electron chi connectivity index (χ1n) is 6.05. The van der Waals surface area contributed by atoms with Gasteiger partial charge in [-0.2, -0.15) is 5.26 Å². The largest absolute Gasteiger partial charge is 0.481 e. The lowest BCUT2D eigenvalue weighted by molar-refractivity contribution is -0.137. The second-order valence-electron chi connectivity index (χ2n) is 4.06. The highest BCUT2D eigenvalue weighted by Gasteiger charge is 2.14. The van der Waals surface area contributed by atoms with E-state index in [1.54, 1.807) is 24.3 Å². The number of nitriles is 1. The lowest BCUT2D eigenvalue weighted by Crippen LogP contribution is -2.32. The fourth-order valence-electron chi connectivity index (χ4n) is 1.67. The van der Waals surface area contributed by atoms with Crippen molar-refractivity contribution in [2.24, 2.45) is 0 Å². The Balaban J connectivity index is 2.74. The Labute approximate surface area is 112 Å². The van der Waals surface area contributed by atoms with E-state index in [-0.39, 0.29) is 18.9 Å². The summed E-state index contributed by atoms with van der Waals surface area (Å²) in [4.78, 5) is 24.1. The zero-order valence-electron chi connectivity index (χ0n) is 10.8. The van der Waals surface area contributed by atoms with Crippen LogP contribution in [-0.2, 0) is 11.2 Å². The smallest absolute Gasteiger partial charge is 0.305 e. The molecule has 0 unspecified atom stereocenters. The summed E-state index contributed by atoms with van der Waals surface area (Å²) in [5.41, 5.74) is 1.36. The van der Waals surface area contributed by atoms with Gasteiger partial charge in [-0.1, -0.05) is 12.1 Å². The van der Waals surface area contributed by atoms with Crippen LogP contribution in [0.5, 0.6) is 0 Å². The number of carbonyl (C=O) groups excluding carboxylic acids is 1. The van der Waals surface area contributed by atoms with E-state index in [9.17, 15) is 9.59 Å². The molecule has 0 atom stereocenters. The van der Waals surface area contributed by atoms with Crippen LogP contribution in [-0.4, -0.2) is 35.0 Å². The Morgan fingerprint density at radius 1 is 1.32 bits per heavy atom. The molecule has 0 bridgehead atoms. The van der Waals surface area contributed by atoms with Crippen LogP contribution >= 0.6 is 0 Å². The van der Waals surface area contributed by atoms with Crippen molar-refractivity contribution in [3.05, 3.63) is 35.4 Å². The van der Waals surface area contributed by atoms with Gasteiger partial charge in [0.1, 0.15) is 0 Å². The molecule has 1 rings (SSSR count). The summed E-state index contributed by atoms with van der Waals surface area (Å²) in [6.07, 6.45) is 0.247. The molecule has 0 saturated heterocycles. The van der Waals surface area contributed by atoms with Crippen LogP contribution in [0.2, 0.25) is 0 Å². The molecule has 1 aromatic rings. The highest BCUT2D eigenvalue weighted by Crippen LogP contribution is 2.08. The molecule has 0 spiro atoms. The van der Waals surface area contributed by atoms with Crippen molar-refractivity contribution in [3.8, 4) is 6.07 Å². The van der Waals surface area contributed by atoms with Crippen molar-refractivity contribution >= 4 is 11.9 Å². The molecule has 1 aromatic carbocycles. The average molecular weight is 260 g/mol. The van der Waals surface area contributed by atoms with E-state index >= 15 is 0 Å². The van der Waals surface area contributed by atoms with Crippen molar-refractivity contribution in [1.29, 1.82) is 5.26 Å². The number of aliphatic carboxylic acids is 1. The molecule has 1 N–H and O–H groups in total. The number of hydrogen-bond donors (Lipinski definition) is 1.